The summed E-state index contributed by atoms with van der Waals surface area (Å²) in [7, 11) is 4.55. The Labute approximate surface area is 268 Å². The van der Waals surface area contributed by atoms with Crippen LogP contribution in [0.4, 0.5) is 21.9 Å². The molecule has 4 aromatic carbocycles. The zero-order valence-corrected chi connectivity index (χ0v) is 25.9. The van der Waals surface area contributed by atoms with Crippen molar-refractivity contribution in [1.29, 1.82) is 0 Å². The van der Waals surface area contributed by atoms with Crippen molar-refractivity contribution >= 4 is 62.3 Å². The fraction of sp³-hybridized carbons (Fsp3) is 0.212. The third kappa shape index (κ3) is 5.47. The van der Waals surface area contributed by atoms with Crippen molar-refractivity contribution in [2.24, 2.45) is 0 Å². The van der Waals surface area contributed by atoms with Gasteiger partial charge in [-0.3, -0.25) is 15.3 Å². The molecule has 0 aliphatic carbocycles. The Bertz CT molecular complexity index is 1940. The second-order valence-corrected chi connectivity index (χ2v) is 10.9. The number of alkyl halides is 1. The van der Waals surface area contributed by atoms with E-state index in [0.717, 1.165) is 16.3 Å². The van der Waals surface area contributed by atoms with E-state index in [1.807, 2.05) is 24.3 Å². The Kier molecular flexibility index (Phi) is 8.50. The van der Waals surface area contributed by atoms with Gasteiger partial charge in [0.2, 0.25) is 5.75 Å². The van der Waals surface area contributed by atoms with E-state index >= 15 is 0 Å². The number of amides is 2. The summed E-state index contributed by atoms with van der Waals surface area (Å²) in [4.78, 5) is 31.9. The molecule has 6 rings (SSSR count). The van der Waals surface area contributed by atoms with E-state index in [1.54, 1.807) is 35.2 Å². The highest BCUT2D eigenvalue weighted by Crippen LogP contribution is 2.46. The second kappa shape index (κ2) is 12.7. The number of benzene rings is 4. The predicted molar refractivity (Wildman–Crippen MR) is 175 cm³/mol. The standard InChI is InChI=1S/C33H30ClN4O8/c1-43-27-13-19-12-25(35-29(19)31(45-3)30(27)44-2)32(39)37-16-20(15-34)28-23-7-5-4-6-22(23)24(14-26(28)37)36-33(40)46-17-18-8-10-21(11-9-18)38(41)42/h4-14,20,35,41H,15-17H2,1-3H3,(H,36,40)/q-1. The second-order valence-electron chi connectivity index (χ2n) is 10.6. The third-order valence-electron chi connectivity index (χ3n) is 8.01. The molecule has 1 atom stereocenters. The van der Waals surface area contributed by atoms with Gasteiger partial charge in [0.15, 0.2) is 11.5 Å². The fourth-order valence-corrected chi connectivity index (χ4v) is 6.14. The number of hydrogen-bond acceptors (Lipinski definition) is 9. The maximum Gasteiger partial charge on any atom is 0.411 e. The third-order valence-corrected chi connectivity index (χ3v) is 8.38. The van der Waals surface area contributed by atoms with Crippen molar-refractivity contribution < 1.29 is 33.7 Å². The summed E-state index contributed by atoms with van der Waals surface area (Å²) in [6.07, 6.45) is -0.711. The number of nitrogens with one attached hydrogen (secondary N) is 2. The molecule has 0 radical (unpaired) electrons. The summed E-state index contributed by atoms with van der Waals surface area (Å²) in [6, 6.07) is 18.8. The number of halogens is 1. The van der Waals surface area contributed by atoms with Gasteiger partial charge < -0.3 is 39.3 Å². The van der Waals surface area contributed by atoms with E-state index in [-0.39, 0.29) is 35.2 Å². The molecule has 0 bridgehead atoms. The quantitative estimate of drug-likeness (QED) is 0.117. The van der Waals surface area contributed by atoms with Gasteiger partial charge in [-0.15, -0.1) is 11.6 Å². The predicted octanol–water partition coefficient (Wildman–Crippen LogP) is 6.77. The molecule has 1 aliphatic rings. The lowest BCUT2D eigenvalue weighted by molar-refractivity contribution is 0.0984. The molecule has 0 saturated carbocycles. The molecule has 0 spiro atoms. The van der Waals surface area contributed by atoms with E-state index in [0.29, 0.717) is 57.3 Å². The van der Waals surface area contributed by atoms with Crippen molar-refractivity contribution in [3.05, 3.63) is 88.8 Å². The maximum atomic E-state index is 14.1. The smallest absolute Gasteiger partial charge is 0.411 e. The first-order chi connectivity index (χ1) is 22.3. The zero-order chi connectivity index (χ0) is 32.5. The summed E-state index contributed by atoms with van der Waals surface area (Å²) in [5, 5.41) is 25.0. The van der Waals surface area contributed by atoms with Crippen LogP contribution in [0.3, 0.4) is 0 Å². The van der Waals surface area contributed by atoms with Crippen LogP contribution in [0.5, 0.6) is 17.2 Å². The highest BCUT2D eigenvalue weighted by Gasteiger charge is 2.36. The van der Waals surface area contributed by atoms with Crippen LogP contribution in [0.1, 0.15) is 27.5 Å². The first-order valence-electron chi connectivity index (χ1n) is 14.2. The minimum atomic E-state index is -0.711. The van der Waals surface area contributed by atoms with Crippen LogP contribution >= 0.6 is 11.6 Å². The van der Waals surface area contributed by atoms with E-state index < -0.39 is 6.09 Å². The lowest BCUT2D eigenvalue weighted by Gasteiger charge is -2.21. The van der Waals surface area contributed by atoms with E-state index in [2.05, 4.69) is 10.3 Å². The molecular formula is C33H30ClN4O8-. The van der Waals surface area contributed by atoms with Crippen LogP contribution in [-0.4, -0.2) is 55.9 Å². The van der Waals surface area contributed by atoms with Gasteiger partial charge in [-0.2, -0.15) is 0 Å². The van der Waals surface area contributed by atoms with Crippen molar-refractivity contribution in [3.63, 3.8) is 0 Å². The molecular weight excluding hydrogens is 616 g/mol. The zero-order valence-electron chi connectivity index (χ0n) is 25.1. The molecule has 13 heteroatoms. The number of carbonyl (C=O) groups is 2. The van der Waals surface area contributed by atoms with Gasteiger partial charge in [-0.05, 0) is 46.8 Å². The molecule has 238 valence electrons. The molecule has 2 heterocycles. The molecule has 0 saturated heterocycles. The molecule has 1 aliphatic heterocycles. The molecule has 1 unspecified atom stereocenters. The topological polar surface area (TPSA) is 149 Å². The minimum Gasteiger partial charge on any atom is -0.733 e. The molecule has 3 N–H and O–H groups in total. The highest BCUT2D eigenvalue weighted by atomic mass is 35.5. The van der Waals surface area contributed by atoms with Crippen LogP contribution in [0, 0.1) is 5.21 Å². The van der Waals surface area contributed by atoms with Crippen LogP contribution < -0.4 is 29.7 Å². The number of ether oxygens (including phenoxy) is 4. The largest absolute Gasteiger partial charge is 0.733 e. The molecule has 12 nitrogen and oxygen atoms in total. The van der Waals surface area contributed by atoms with Crippen LogP contribution in [0.15, 0.2) is 66.7 Å². The monoisotopic (exact) mass is 645 g/mol. The highest BCUT2D eigenvalue weighted by molar-refractivity contribution is 6.20. The number of rotatable bonds is 9. The number of nitrogens with zero attached hydrogens (tertiary/aromatic N) is 2. The van der Waals surface area contributed by atoms with Gasteiger partial charge in [-0.1, -0.05) is 36.4 Å². The van der Waals surface area contributed by atoms with Crippen LogP contribution in [0.25, 0.3) is 21.7 Å². The SMILES string of the molecule is COc1cc2cc(C(=O)N3CC(CCl)c4c3cc(NC(=O)OCc3ccc(N([O-])O)cc3)c3ccccc43)[nH]c2c(OC)c1OC. The molecule has 2 amide bonds. The van der Waals surface area contributed by atoms with Gasteiger partial charge in [0.1, 0.15) is 12.3 Å². The first kappa shape index (κ1) is 30.8. The Morgan fingerprint density at radius 1 is 1.02 bits per heavy atom. The van der Waals surface area contributed by atoms with Crippen LogP contribution in [0.2, 0.25) is 0 Å². The van der Waals surface area contributed by atoms with E-state index in [9.17, 15) is 14.8 Å². The summed E-state index contributed by atoms with van der Waals surface area (Å²) in [6.45, 7) is 0.261. The first-order valence-corrected chi connectivity index (χ1v) is 14.7. The summed E-state index contributed by atoms with van der Waals surface area (Å²) in [5.41, 5.74) is 3.55. The van der Waals surface area contributed by atoms with Gasteiger partial charge in [0.25, 0.3) is 5.91 Å². The van der Waals surface area contributed by atoms with Gasteiger partial charge in [0, 0.05) is 29.1 Å². The summed E-state index contributed by atoms with van der Waals surface area (Å²) in [5.74, 6) is 1.10. The number of methoxy groups -OCH3 is 3. The number of H-pyrrole nitrogens is 1. The Morgan fingerprint density at radius 2 is 1.74 bits per heavy atom. The van der Waals surface area contributed by atoms with Gasteiger partial charge in [-0.25, -0.2) is 4.79 Å². The number of hydrogen-bond donors (Lipinski definition) is 3. The number of carbonyl (C=O) groups excluding carboxylic acids is 2. The van der Waals surface area contributed by atoms with Gasteiger partial charge in [0.05, 0.1) is 43.9 Å². The van der Waals surface area contributed by atoms with E-state index in [1.165, 1.54) is 33.5 Å². The minimum absolute atomic E-state index is 0.0539. The molecule has 5 aromatic rings. The maximum absolute atomic E-state index is 14.1. The van der Waals surface area contributed by atoms with Crippen molar-refractivity contribution in [2.75, 3.05) is 49.2 Å². The number of fused-ring (bicyclic) bond motifs is 4. The lowest BCUT2D eigenvalue weighted by atomic mass is 9.95. The molecule has 46 heavy (non-hydrogen) atoms. The van der Waals surface area contributed by atoms with Crippen molar-refractivity contribution in [2.45, 2.75) is 12.5 Å². The Balaban J connectivity index is 1.34. The molecule has 1 aromatic heterocycles. The van der Waals surface area contributed by atoms with Crippen LogP contribution in [-0.2, 0) is 11.3 Å². The summed E-state index contributed by atoms with van der Waals surface area (Å²) >= 11 is 6.46. The fourth-order valence-electron chi connectivity index (χ4n) is 5.89. The lowest BCUT2D eigenvalue weighted by Crippen LogP contribution is -2.30. The Hall–Kier alpha value is -5.17. The van der Waals surface area contributed by atoms with Gasteiger partial charge >= 0.3 is 6.09 Å². The number of aromatic amines is 1. The number of aromatic nitrogens is 1. The van der Waals surface area contributed by atoms with Crippen molar-refractivity contribution in [1.82, 2.24) is 4.98 Å². The molecule has 0 fully saturated rings. The number of anilines is 3. The normalized spacial score (nSPS) is 13.9. The van der Waals surface area contributed by atoms with Crippen molar-refractivity contribution in [3.8, 4) is 17.2 Å². The average Bonchev–Trinajstić information content (AvgIpc) is 3.68. The summed E-state index contributed by atoms with van der Waals surface area (Å²) < 4.78 is 22.0. The van der Waals surface area contributed by atoms with E-state index in [4.69, 9.17) is 35.8 Å². The average molecular weight is 646 g/mol. The Morgan fingerprint density at radius 3 is 2.39 bits per heavy atom.